The number of amides is 2. The van der Waals surface area contributed by atoms with Crippen LogP contribution >= 0.6 is 11.3 Å². The predicted molar refractivity (Wildman–Crippen MR) is 129 cm³/mol. The molecular weight excluding hydrogens is 436 g/mol. The van der Waals surface area contributed by atoms with E-state index in [9.17, 15) is 9.59 Å². The minimum Gasteiger partial charge on any atom is -0.489 e. The zero-order valence-corrected chi connectivity index (χ0v) is 19.5. The Labute approximate surface area is 196 Å². The van der Waals surface area contributed by atoms with Gasteiger partial charge in [-0.3, -0.25) is 9.59 Å². The summed E-state index contributed by atoms with van der Waals surface area (Å²) in [5, 5.41) is 7.10. The number of fused-ring (bicyclic) bond motifs is 1. The summed E-state index contributed by atoms with van der Waals surface area (Å²) in [5.41, 5.74) is 3.99. The molecule has 33 heavy (non-hydrogen) atoms. The smallest absolute Gasteiger partial charge is 0.274 e. The fourth-order valence-corrected chi connectivity index (χ4v) is 5.17. The van der Waals surface area contributed by atoms with E-state index in [1.165, 1.54) is 11.3 Å². The fraction of sp³-hybridized carbons (Fsp3) is 0.320. The number of anilines is 1. The maximum Gasteiger partial charge on any atom is 0.274 e. The van der Waals surface area contributed by atoms with E-state index in [1.54, 1.807) is 6.07 Å². The Kier molecular flexibility index (Phi) is 5.76. The van der Waals surface area contributed by atoms with Crippen molar-refractivity contribution in [2.24, 2.45) is 0 Å². The predicted octanol–water partition coefficient (Wildman–Crippen LogP) is 3.88. The number of rotatable bonds is 5. The number of hydrogen-bond donors (Lipinski definition) is 2. The molecule has 2 aliphatic heterocycles. The van der Waals surface area contributed by atoms with E-state index in [0.29, 0.717) is 36.7 Å². The number of aryl methyl sites for hydroxylation is 2. The lowest BCUT2D eigenvalue weighted by Gasteiger charge is -2.40. The number of benzene rings is 2. The first-order valence-corrected chi connectivity index (χ1v) is 12.0. The van der Waals surface area contributed by atoms with E-state index in [-0.39, 0.29) is 17.9 Å². The van der Waals surface area contributed by atoms with Crippen molar-refractivity contribution < 1.29 is 14.3 Å². The van der Waals surface area contributed by atoms with Gasteiger partial charge in [-0.1, -0.05) is 35.9 Å². The van der Waals surface area contributed by atoms with E-state index in [1.807, 2.05) is 49.1 Å². The molecule has 1 atom stereocenters. The minimum absolute atomic E-state index is 0.0487. The van der Waals surface area contributed by atoms with Crippen LogP contribution in [0.4, 0.5) is 5.69 Å². The zero-order valence-electron chi connectivity index (χ0n) is 18.7. The first-order chi connectivity index (χ1) is 16.0. The molecule has 0 bridgehead atoms. The number of carbonyl (C=O) groups excluding carboxylic acids is 2. The van der Waals surface area contributed by atoms with Crippen LogP contribution < -0.4 is 15.4 Å². The fourth-order valence-electron chi connectivity index (χ4n) is 4.27. The van der Waals surface area contributed by atoms with E-state index in [2.05, 4.69) is 21.7 Å². The molecule has 1 fully saturated rings. The third-order valence-corrected chi connectivity index (χ3v) is 7.06. The van der Waals surface area contributed by atoms with Gasteiger partial charge < -0.3 is 20.3 Å². The Morgan fingerprint density at radius 3 is 2.88 bits per heavy atom. The molecule has 1 unspecified atom stereocenters. The standard InChI is InChI=1S/C25H26N4O3S/c1-15-5-3-6-17(13-15)23-21(28-16(2)33-23)25(31)29-11-9-18(29)14-27-24(30)19-7-4-8-20-22(19)32-12-10-26-20/h3-8,13,18,26H,9-12,14H2,1-2H3,(H,27,30). The van der Waals surface area contributed by atoms with Gasteiger partial charge in [-0.2, -0.15) is 0 Å². The van der Waals surface area contributed by atoms with Gasteiger partial charge in [0.15, 0.2) is 5.75 Å². The largest absolute Gasteiger partial charge is 0.489 e. The van der Waals surface area contributed by atoms with Crippen molar-refractivity contribution in [3.63, 3.8) is 0 Å². The number of hydrogen-bond acceptors (Lipinski definition) is 6. The van der Waals surface area contributed by atoms with Crippen LogP contribution in [0, 0.1) is 13.8 Å². The van der Waals surface area contributed by atoms with Gasteiger partial charge in [0, 0.05) is 19.6 Å². The van der Waals surface area contributed by atoms with Crippen molar-refractivity contribution in [1.82, 2.24) is 15.2 Å². The highest BCUT2D eigenvalue weighted by atomic mass is 32.1. The molecular formula is C25H26N4O3S. The Morgan fingerprint density at radius 2 is 2.09 bits per heavy atom. The van der Waals surface area contributed by atoms with Crippen LogP contribution in [0.25, 0.3) is 10.4 Å². The Morgan fingerprint density at radius 1 is 1.24 bits per heavy atom. The number of aromatic nitrogens is 1. The normalized spacial score (nSPS) is 16.8. The molecule has 1 saturated heterocycles. The van der Waals surface area contributed by atoms with Crippen LogP contribution in [0.5, 0.6) is 5.75 Å². The molecule has 1 aromatic heterocycles. The lowest BCUT2D eigenvalue weighted by molar-refractivity contribution is 0.0451. The molecule has 3 heterocycles. The summed E-state index contributed by atoms with van der Waals surface area (Å²) in [7, 11) is 0. The number of carbonyl (C=O) groups is 2. The topological polar surface area (TPSA) is 83.6 Å². The monoisotopic (exact) mass is 462 g/mol. The second-order valence-corrected chi connectivity index (χ2v) is 9.59. The van der Waals surface area contributed by atoms with Crippen molar-refractivity contribution >= 4 is 28.8 Å². The second kappa shape index (κ2) is 8.86. The maximum absolute atomic E-state index is 13.4. The minimum atomic E-state index is -0.195. The van der Waals surface area contributed by atoms with Crippen molar-refractivity contribution in [2.45, 2.75) is 26.3 Å². The molecule has 2 N–H and O–H groups in total. The number of para-hydroxylation sites is 1. The first-order valence-electron chi connectivity index (χ1n) is 11.1. The van der Waals surface area contributed by atoms with Gasteiger partial charge >= 0.3 is 0 Å². The summed E-state index contributed by atoms with van der Waals surface area (Å²) in [6.07, 6.45) is 0.847. The van der Waals surface area contributed by atoms with Gasteiger partial charge in [0.05, 0.1) is 27.2 Å². The van der Waals surface area contributed by atoms with Crippen LogP contribution in [0.1, 0.15) is 37.8 Å². The molecule has 3 aromatic rings. The first kappa shape index (κ1) is 21.5. The lowest BCUT2D eigenvalue weighted by Crippen LogP contribution is -2.56. The average molecular weight is 463 g/mol. The lowest BCUT2D eigenvalue weighted by atomic mass is 10.0. The number of ether oxygens (including phenoxy) is 1. The molecule has 170 valence electrons. The van der Waals surface area contributed by atoms with Crippen molar-refractivity contribution in [3.05, 3.63) is 64.3 Å². The van der Waals surface area contributed by atoms with E-state index < -0.39 is 0 Å². The Bertz CT molecular complexity index is 1220. The summed E-state index contributed by atoms with van der Waals surface area (Å²) < 4.78 is 5.71. The highest BCUT2D eigenvalue weighted by molar-refractivity contribution is 7.15. The van der Waals surface area contributed by atoms with Gasteiger partial charge in [0.1, 0.15) is 12.3 Å². The molecule has 2 amide bonds. The van der Waals surface area contributed by atoms with Crippen LogP contribution in [0.15, 0.2) is 42.5 Å². The molecule has 7 nitrogen and oxygen atoms in total. The van der Waals surface area contributed by atoms with Crippen LogP contribution in [0.3, 0.4) is 0 Å². The van der Waals surface area contributed by atoms with E-state index >= 15 is 0 Å². The van der Waals surface area contributed by atoms with Crippen molar-refractivity contribution in [3.8, 4) is 16.2 Å². The number of thiazole rings is 1. The molecule has 8 heteroatoms. The van der Waals surface area contributed by atoms with Crippen molar-refractivity contribution in [1.29, 1.82) is 0 Å². The van der Waals surface area contributed by atoms with Crippen LogP contribution in [0.2, 0.25) is 0 Å². The maximum atomic E-state index is 13.4. The number of nitrogens with zero attached hydrogens (tertiary/aromatic N) is 2. The van der Waals surface area contributed by atoms with Gasteiger partial charge in [-0.25, -0.2) is 4.98 Å². The SMILES string of the molecule is Cc1cccc(-c2sc(C)nc2C(=O)N2CCC2CNC(=O)c2cccc3c2OCCN3)c1. The van der Waals surface area contributed by atoms with Crippen LogP contribution in [-0.4, -0.2) is 54.0 Å². The quantitative estimate of drug-likeness (QED) is 0.601. The highest BCUT2D eigenvalue weighted by Crippen LogP contribution is 2.34. The van der Waals surface area contributed by atoms with E-state index in [0.717, 1.165) is 39.7 Å². The Balaban J connectivity index is 1.28. The van der Waals surface area contributed by atoms with Gasteiger partial charge in [-0.05, 0) is 38.0 Å². The highest BCUT2D eigenvalue weighted by Gasteiger charge is 2.35. The zero-order chi connectivity index (χ0) is 22.9. The van der Waals surface area contributed by atoms with Gasteiger partial charge in [-0.15, -0.1) is 11.3 Å². The Hall–Kier alpha value is -3.39. The van der Waals surface area contributed by atoms with Crippen molar-refractivity contribution in [2.75, 3.05) is 31.6 Å². The van der Waals surface area contributed by atoms with Gasteiger partial charge in [0.25, 0.3) is 11.8 Å². The summed E-state index contributed by atoms with van der Waals surface area (Å²) in [5.74, 6) is 0.314. The average Bonchev–Trinajstić information content (AvgIpc) is 3.20. The molecule has 0 radical (unpaired) electrons. The number of likely N-dealkylation sites (tertiary alicyclic amines) is 1. The van der Waals surface area contributed by atoms with Gasteiger partial charge in [0.2, 0.25) is 0 Å². The molecule has 2 aliphatic rings. The van der Waals surface area contributed by atoms with Crippen LogP contribution in [-0.2, 0) is 0 Å². The summed E-state index contributed by atoms with van der Waals surface area (Å²) in [6.45, 7) is 6.27. The summed E-state index contributed by atoms with van der Waals surface area (Å²) in [6, 6.07) is 13.6. The third-order valence-electron chi connectivity index (χ3n) is 6.04. The number of nitrogens with one attached hydrogen (secondary N) is 2. The third kappa shape index (κ3) is 4.18. The molecule has 2 aromatic carbocycles. The van der Waals surface area contributed by atoms with E-state index in [4.69, 9.17) is 4.74 Å². The summed E-state index contributed by atoms with van der Waals surface area (Å²) in [4.78, 5) is 33.5. The summed E-state index contributed by atoms with van der Waals surface area (Å²) >= 11 is 1.54. The second-order valence-electron chi connectivity index (χ2n) is 8.39. The molecule has 5 rings (SSSR count). The molecule has 0 saturated carbocycles. The molecule has 0 spiro atoms. The molecule has 0 aliphatic carbocycles.